The highest BCUT2D eigenvalue weighted by molar-refractivity contribution is 7.99. The summed E-state index contributed by atoms with van der Waals surface area (Å²) in [5.41, 5.74) is 0. The van der Waals surface area contributed by atoms with Crippen molar-refractivity contribution in [2.75, 3.05) is 49.6 Å². The van der Waals surface area contributed by atoms with E-state index >= 15 is 0 Å². The van der Waals surface area contributed by atoms with Crippen LogP contribution in [0.4, 0.5) is 5.82 Å². The van der Waals surface area contributed by atoms with Gasteiger partial charge in [0.1, 0.15) is 12.1 Å². The minimum atomic E-state index is 0.627. The molecule has 0 spiro atoms. The molecule has 0 saturated carbocycles. The Bertz CT molecular complexity index is 358. The third kappa shape index (κ3) is 4.34. The lowest BCUT2D eigenvalue weighted by atomic mass is 10.4. The number of anilines is 1. The van der Waals surface area contributed by atoms with Crippen LogP contribution < -0.4 is 10.1 Å². The topological polar surface area (TPSA) is 50.3 Å². The van der Waals surface area contributed by atoms with Crippen molar-refractivity contribution in [1.82, 2.24) is 14.9 Å². The Hall–Kier alpha value is -1.01. The monoisotopic (exact) mass is 268 g/mol. The highest BCUT2D eigenvalue weighted by Gasteiger charge is 2.09. The molecule has 0 aliphatic carbocycles. The average Bonchev–Trinajstić information content (AvgIpc) is 2.41. The molecule has 2 rings (SSSR count). The van der Waals surface area contributed by atoms with E-state index in [1.165, 1.54) is 30.9 Å². The van der Waals surface area contributed by atoms with Gasteiger partial charge in [0, 0.05) is 43.8 Å². The third-order valence-corrected chi connectivity index (χ3v) is 3.71. The van der Waals surface area contributed by atoms with Crippen LogP contribution in [0.25, 0.3) is 0 Å². The number of rotatable bonds is 6. The average molecular weight is 268 g/mol. The summed E-state index contributed by atoms with van der Waals surface area (Å²) in [5.74, 6) is 3.97. The number of hydrogen-bond donors (Lipinski definition) is 1. The van der Waals surface area contributed by atoms with Gasteiger partial charge in [-0.2, -0.15) is 11.8 Å². The van der Waals surface area contributed by atoms with Gasteiger partial charge < -0.3 is 10.1 Å². The van der Waals surface area contributed by atoms with Crippen molar-refractivity contribution in [3.63, 3.8) is 0 Å². The zero-order valence-electron chi connectivity index (χ0n) is 10.8. The molecule has 1 N–H and O–H groups in total. The lowest BCUT2D eigenvalue weighted by Crippen LogP contribution is -2.36. The van der Waals surface area contributed by atoms with E-state index in [9.17, 15) is 0 Å². The van der Waals surface area contributed by atoms with Crippen LogP contribution in [0.5, 0.6) is 5.88 Å². The molecule has 0 amide bonds. The highest BCUT2D eigenvalue weighted by atomic mass is 32.2. The fourth-order valence-corrected chi connectivity index (χ4v) is 2.81. The van der Waals surface area contributed by atoms with Gasteiger partial charge in [0.05, 0.1) is 6.61 Å². The number of hydrogen-bond acceptors (Lipinski definition) is 6. The lowest BCUT2D eigenvalue weighted by Gasteiger charge is -2.26. The molecule has 18 heavy (non-hydrogen) atoms. The lowest BCUT2D eigenvalue weighted by molar-refractivity contribution is 0.314. The second-order valence-corrected chi connectivity index (χ2v) is 5.28. The second-order valence-electron chi connectivity index (χ2n) is 4.06. The fraction of sp³-hybridized carbons (Fsp3) is 0.667. The van der Waals surface area contributed by atoms with Gasteiger partial charge in [-0.25, -0.2) is 9.97 Å². The van der Waals surface area contributed by atoms with Gasteiger partial charge >= 0.3 is 0 Å². The van der Waals surface area contributed by atoms with E-state index in [4.69, 9.17) is 4.74 Å². The van der Waals surface area contributed by atoms with Gasteiger partial charge in [-0.15, -0.1) is 0 Å². The Morgan fingerprint density at radius 3 is 3.00 bits per heavy atom. The van der Waals surface area contributed by atoms with E-state index in [1.807, 2.05) is 24.8 Å². The predicted molar refractivity (Wildman–Crippen MR) is 75.5 cm³/mol. The summed E-state index contributed by atoms with van der Waals surface area (Å²) in [7, 11) is 0. The molecule has 0 bridgehead atoms. The molecule has 0 radical (unpaired) electrons. The largest absolute Gasteiger partial charge is 0.478 e. The smallest absolute Gasteiger partial charge is 0.218 e. The van der Waals surface area contributed by atoms with E-state index in [1.54, 1.807) is 0 Å². The molecule has 1 saturated heterocycles. The van der Waals surface area contributed by atoms with Crippen LogP contribution in [0.1, 0.15) is 6.92 Å². The normalized spacial score (nSPS) is 16.5. The molecular formula is C12H20N4OS. The van der Waals surface area contributed by atoms with Gasteiger partial charge in [-0.3, -0.25) is 4.90 Å². The van der Waals surface area contributed by atoms with Crippen LogP contribution in [-0.4, -0.2) is 59.2 Å². The molecule has 0 unspecified atom stereocenters. The van der Waals surface area contributed by atoms with Crippen LogP contribution in [0, 0.1) is 0 Å². The van der Waals surface area contributed by atoms with Crippen LogP contribution >= 0.6 is 11.8 Å². The molecule has 0 aromatic carbocycles. The molecular weight excluding hydrogens is 248 g/mol. The first kappa shape index (κ1) is 13.4. The van der Waals surface area contributed by atoms with Gasteiger partial charge in [0.2, 0.25) is 5.88 Å². The molecule has 1 aromatic rings. The maximum absolute atomic E-state index is 5.34. The summed E-state index contributed by atoms with van der Waals surface area (Å²) in [4.78, 5) is 10.7. The Balaban J connectivity index is 1.73. The standard InChI is InChI=1S/C12H20N4OS/c1-2-17-12-9-11(14-10-15-12)13-3-4-16-5-7-18-8-6-16/h9-10H,2-8H2,1H3,(H,13,14,15). The molecule has 0 atom stereocenters. The van der Waals surface area contributed by atoms with Crippen molar-refractivity contribution >= 4 is 17.6 Å². The first-order valence-electron chi connectivity index (χ1n) is 6.37. The quantitative estimate of drug-likeness (QED) is 0.840. The molecule has 5 nitrogen and oxygen atoms in total. The van der Waals surface area contributed by atoms with Crippen molar-refractivity contribution in [2.45, 2.75) is 6.92 Å². The minimum Gasteiger partial charge on any atom is -0.478 e. The second kappa shape index (κ2) is 7.43. The van der Waals surface area contributed by atoms with Crippen molar-refractivity contribution in [3.05, 3.63) is 12.4 Å². The molecule has 1 aromatic heterocycles. The van der Waals surface area contributed by atoms with Crippen LogP contribution in [0.15, 0.2) is 12.4 Å². The van der Waals surface area contributed by atoms with Crippen molar-refractivity contribution < 1.29 is 4.74 Å². The van der Waals surface area contributed by atoms with Gasteiger partial charge in [-0.1, -0.05) is 0 Å². The Morgan fingerprint density at radius 1 is 1.39 bits per heavy atom. The van der Waals surface area contributed by atoms with Gasteiger partial charge in [0.25, 0.3) is 0 Å². The predicted octanol–water partition coefficient (Wildman–Crippen LogP) is 1.34. The highest BCUT2D eigenvalue weighted by Crippen LogP contribution is 2.11. The van der Waals surface area contributed by atoms with E-state index < -0.39 is 0 Å². The van der Waals surface area contributed by atoms with E-state index in [-0.39, 0.29) is 0 Å². The molecule has 1 fully saturated rings. The number of thioether (sulfide) groups is 1. The fourth-order valence-electron chi connectivity index (χ4n) is 1.83. The molecule has 1 aliphatic rings. The summed E-state index contributed by atoms with van der Waals surface area (Å²) in [6.45, 7) is 6.94. The summed E-state index contributed by atoms with van der Waals surface area (Å²) in [5, 5.41) is 3.31. The number of ether oxygens (including phenoxy) is 1. The Morgan fingerprint density at radius 2 is 2.22 bits per heavy atom. The van der Waals surface area contributed by atoms with Gasteiger partial charge in [0.15, 0.2) is 0 Å². The first-order valence-corrected chi connectivity index (χ1v) is 7.53. The summed E-state index contributed by atoms with van der Waals surface area (Å²) >= 11 is 2.04. The van der Waals surface area contributed by atoms with E-state index in [2.05, 4.69) is 20.2 Å². The van der Waals surface area contributed by atoms with Gasteiger partial charge in [-0.05, 0) is 6.92 Å². The maximum Gasteiger partial charge on any atom is 0.218 e. The van der Waals surface area contributed by atoms with Crippen molar-refractivity contribution in [3.8, 4) is 5.88 Å². The van der Waals surface area contributed by atoms with Crippen molar-refractivity contribution in [1.29, 1.82) is 0 Å². The first-order chi connectivity index (χ1) is 8.88. The van der Waals surface area contributed by atoms with E-state index in [0.717, 1.165) is 18.9 Å². The molecule has 1 aliphatic heterocycles. The summed E-state index contributed by atoms with van der Waals surface area (Å²) in [6, 6.07) is 1.84. The van der Waals surface area contributed by atoms with Crippen molar-refractivity contribution in [2.24, 2.45) is 0 Å². The number of nitrogens with zero attached hydrogens (tertiary/aromatic N) is 3. The van der Waals surface area contributed by atoms with Crippen LogP contribution in [0.3, 0.4) is 0 Å². The Kier molecular flexibility index (Phi) is 5.54. The number of aromatic nitrogens is 2. The maximum atomic E-state index is 5.34. The summed E-state index contributed by atoms with van der Waals surface area (Å²) in [6.07, 6.45) is 1.53. The van der Waals surface area contributed by atoms with E-state index in [0.29, 0.717) is 12.5 Å². The Labute approximate surface area is 112 Å². The SMILES string of the molecule is CCOc1cc(NCCN2CCSCC2)ncn1. The third-order valence-electron chi connectivity index (χ3n) is 2.77. The molecule has 2 heterocycles. The molecule has 100 valence electrons. The number of nitrogens with one attached hydrogen (secondary N) is 1. The zero-order chi connectivity index (χ0) is 12.6. The summed E-state index contributed by atoms with van der Waals surface area (Å²) < 4.78 is 5.34. The minimum absolute atomic E-state index is 0.627. The molecule has 6 heteroatoms. The van der Waals surface area contributed by atoms with Crippen LogP contribution in [-0.2, 0) is 0 Å². The zero-order valence-corrected chi connectivity index (χ0v) is 11.6. The van der Waals surface area contributed by atoms with Crippen LogP contribution in [0.2, 0.25) is 0 Å².